The summed E-state index contributed by atoms with van der Waals surface area (Å²) in [5.41, 5.74) is 0.930. The van der Waals surface area contributed by atoms with Crippen molar-refractivity contribution in [2.75, 3.05) is 45.2 Å². The van der Waals surface area contributed by atoms with E-state index in [1.807, 2.05) is 34.7 Å². The van der Waals surface area contributed by atoms with Crippen LogP contribution < -0.4 is 15.4 Å². The molecular weight excluding hydrogens is 542 g/mol. The van der Waals surface area contributed by atoms with Gasteiger partial charge in [-0.3, -0.25) is 4.99 Å². The summed E-state index contributed by atoms with van der Waals surface area (Å²) < 4.78 is 15.7. The second kappa shape index (κ2) is 15.0. The molecule has 3 rings (SSSR count). The maximum atomic E-state index is 12.0. The second-order valence-corrected chi connectivity index (χ2v) is 10.8. The van der Waals surface area contributed by atoms with Crippen LogP contribution in [-0.2, 0) is 14.3 Å². The van der Waals surface area contributed by atoms with Crippen LogP contribution in [0.4, 0.5) is 16.3 Å². The molecule has 0 bridgehead atoms. The molecule has 42 heavy (non-hydrogen) atoms. The number of likely N-dealkylation sites (N-methyl/N-ethyl adjacent to an activating group) is 1. The second-order valence-electron chi connectivity index (χ2n) is 10.8. The number of aliphatic imine (C=N–C) groups is 1. The van der Waals surface area contributed by atoms with Gasteiger partial charge in [0.2, 0.25) is 0 Å². The fourth-order valence-corrected chi connectivity index (χ4v) is 4.10. The van der Waals surface area contributed by atoms with Crippen LogP contribution in [-0.4, -0.2) is 94.8 Å². The van der Waals surface area contributed by atoms with Crippen LogP contribution in [0.2, 0.25) is 0 Å². The van der Waals surface area contributed by atoms with Gasteiger partial charge in [-0.2, -0.15) is 0 Å². The van der Waals surface area contributed by atoms with Gasteiger partial charge in [-0.05, 0) is 66.8 Å². The summed E-state index contributed by atoms with van der Waals surface area (Å²) in [6.45, 7) is 11.3. The maximum absolute atomic E-state index is 12.0. The van der Waals surface area contributed by atoms with E-state index in [0.717, 1.165) is 13.0 Å². The number of esters is 1. The predicted octanol–water partition coefficient (Wildman–Crippen LogP) is 4.00. The first-order chi connectivity index (χ1) is 19.9. The number of amides is 1. The molecular formula is C29H41N7O6. The highest BCUT2D eigenvalue weighted by Gasteiger charge is 2.19. The number of ether oxygens (including phenoxy) is 3. The van der Waals surface area contributed by atoms with Gasteiger partial charge in [-0.25, -0.2) is 19.6 Å². The first kappa shape index (κ1) is 32.1. The molecule has 13 heteroatoms. The van der Waals surface area contributed by atoms with Crippen molar-refractivity contribution in [1.29, 1.82) is 0 Å². The summed E-state index contributed by atoms with van der Waals surface area (Å²) in [6, 6.07) is 6.85. The molecule has 0 saturated heterocycles. The molecule has 0 aliphatic rings. The molecule has 0 unspecified atom stereocenters. The van der Waals surface area contributed by atoms with E-state index in [1.165, 1.54) is 12.5 Å². The van der Waals surface area contributed by atoms with Gasteiger partial charge in [0.25, 0.3) is 0 Å². The molecule has 0 aliphatic carbocycles. The quantitative estimate of drug-likeness (QED) is 0.124. The van der Waals surface area contributed by atoms with Gasteiger partial charge in [0.1, 0.15) is 29.1 Å². The highest BCUT2D eigenvalue weighted by molar-refractivity contribution is 6.06. The first-order valence-electron chi connectivity index (χ1n) is 13.8. The number of aromatic amines is 1. The van der Waals surface area contributed by atoms with Crippen LogP contribution in [0.25, 0.3) is 11.0 Å². The van der Waals surface area contributed by atoms with Gasteiger partial charge in [0, 0.05) is 31.4 Å². The van der Waals surface area contributed by atoms with Gasteiger partial charge in [0.15, 0.2) is 12.5 Å². The van der Waals surface area contributed by atoms with Crippen molar-refractivity contribution >= 4 is 40.8 Å². The Labute approximate surface area is 245 Å². The summed E-state index contributed by atoms with van der Waals surface area (Å²) in [5, 5.41) is 17.4. The Morgan fingerprint density at radius 3 is 2.79 bits per heavy atom. The van der Waals surface area contributed by atoms with E-state index in [1.54, 1.807) is 31.2 Å². The molecule has 228 valence electrons. The molecule has 3 aromatic rings. The zero-order chi connectivity index (χ0) is 30.7. The number of aromatic nitrogens is 3. The van der Waals surface area contributed by atoms with Crippen molar-refractivity contribution in [3.63, 3.8) is 0 Å². The maximum Gasteiger partial charge on any atom is 0.407 e. The standard InChI is InChI=1S/C29H41N7O6/c1-7-40-23(37)17-41-21-11-8-10-20(14-21)31-15-22-24-25(32-18-33-26(24)35-27(22)38)30-12-9-13-36(6)16-19(2)34-28(39)42-29(3,4)5/h8,10-11,14-15,18-19,38H,7,9,12-13,16-17H2,1-6H3,(H,34,39)(H2,30,32,33,35)/t19-/m0/s1. The molecule has 1 amide bonds. The van der Waals surface area contributed by atoms with Gasteiger partial charge in [0.05, 0.1) is 23.2 Å². The molecule has 2 heterocycles. The molecule has 0 spiro atoms. The zero-order valence-electron chi connectivity index (χ0n) is 25.1. The number of alkyl carbamates (subject to hydrolysis) is 1. The minimum atomic E-state index is -0.539. The summed E-state index contributed by atoms with van der Waals surface area (Å²) in [5.74, 6) is 0.489. The Morgan fingerprint density at radius 1 is 1.26 bits per heavy atom. The number of carbonyl (C=O) groups excluding carboxylic acids is 2. The summed E-state index contributed by atoms with van der Waals surface area (Å²) in [7, 11) is 1.99. The van der Waals surface area contributed by atoms with E-state index in [-0.39, 0.29) is 25.1 Å². The number of carbonyl (C=O) groups is 2. The van der Waals surface area contributed by atoms with Gasteiger partial charge in [-0.1, -0.05) is 6.07 Å². The van der Waals surface area contributed by atoms with Crippen LogP contribution in [0.1, 0.15) is 46.6 Å². The number of benzene rings is 1. The summed E-state index contributed by atoms with van der Waals surface area (Å²) >= 11 is 0. The molecule has 4 N–H and O–H groups in total. The third kappa shape index (κ3) is 10.2. The average molecular weight is 584 g/mol. The molecule has 0 saturated carbocycles. The fourth-order valence-electron chi connectivity index (χ4n) is 4.10. The number of nitrogens with one attached hydrogen (secondary N) is 3. The lowest BCUT2D eigenvalue weighted by Gasteiger charge is -2.25. The molecule has 2 aromatic heterocycles. The zero-order valence-corrected chi connectivity index (χ0v) is 25.1. The highest BCUT2D eigenvalue weighted by atomic mass is 16.6. The van der Waals surface area contributed by atoms with Crippen LogP contribution in [0.15, 0.2) is 35.6 Å². The van der Waals surface area contributed by atoms with E-state index in [9.17, 15) is 14.7 Å². The topological polar surface area (TPSA) is 163 Å². The number of fused-ring (bicyclic) bond motifs is 1. The van der Waals surface area contributed by atoms with Crippen molar-refractivity contribution in [3.05, 3.63) is 36.2 Å². The van der Waals surface area contributed by atoms with E-state index in [2.05, 4.69) is 35.5 Å². The number of aromatic hydroxyl groups is 1. The lowest BCUT2D eigenvalue weighted by atomic mass is 10.2. The highest BCUT2D eigenvalue weighted by Crippen LogP contribution is 2.30. The molecule has 1 aromatic carbocycles. The third-order valence-electron chi connectivity index (χ3n) is 5.79. The predicted molar refractivity (Wildman–Crippen MR) is 161 cm³/mol. The van der Waals surface area contributed by atoms with E-state index in [4.69, 9.17) is 14.2 Å². The third-order valence-corrected chi connectivity index (χ3v) is 5.79. The van der Waals surface area contributed by atoms with Gasteiger partial charge >= 0.3 is 12.1 Å². The number of anilines is 1. The summed E-state index contributed by atoms with van der Waals surface area (Å²) in [6.07, 6.45) is 3.32. The molecule has 0 fully saturated rings. The Morgan fingerprint density at radius 2 is 2.05 bits per heavy atom. The molecule has 13 nitrogen and oxygen atoms in total. The Kier molecular flexibility index (Phi) is 11.5. The first-order valence-corrected chi connectivity index (χ1v) is 13.8. The Balaban J connectivity index is 1.58. The largest absolute Gasteiger partial charge is 0.494 e. The fraction of sp³-hybridized carbons (Fsp3) is 0.483. The van der Waals surface area contributed by atoms with Crippen molar-refractivity contribution in [3.8, 4) is 11.6 Å². The lowest BCUT2D eigenvalue weighted by Crippen LogP contribution is -2.43. The minimum absolute atomic E-state index is 0.0752. The minimum Gasteiger partial charge on any atom is -0.494 e. The van der Waals surface area contributed by atoms with Crippen molar-refractivity contribution in [2.24, 2.45) is 4.99 Å². The Hall–Kier alpha value is -4.39. The van der Waals surface area contributed by atoms with Gasteiger partial charge in [-0.15, -0.1) is 0 Å². The van der Waals surface area contributed by atoms with E-state index < -0.39 is 17.7 Å². The van der Waals surface area contributed by atoms with E-state index >= 15 is 0 Å². The van der Waals surface area contributed by atoms with Crippen molar-refractivity contribution in [2.45, 2.75) is 52.7 Å². The number of H-pyrrole nitrogens is 1. The smallest absolute Gasteiger partial charge is 0.407 e. The van der Waals surface area contributed by atoms with Gasteiger partial charge < -0.3 is 39.8 Å². The number of rotatable bonds is 14. The van der Waals surface area contributed by atoms with E-state index in [0.29, 0.717) is 46.9 Å². The van der Waals surface area contributed by atoms with Crippen LogP contribution in [0, 0.1) is 0 Å². The molecule has 0 aliphatic heterocycles. The van der Waals surface area contributed by atoms with Crippen LogP contribution in [0.3, 0.4) is 0 Å². The monoisotopic (exact) mass is 583 g/mol. The molecule has 1 atom stereocenters. The lowest BCUT2D eigenvalue weighted by molar-refractivity contribution is -0.145. The van der Waals surface area contributed by atoms with Crippen molar-refractivity contribution < 1.29 is 28.9 Å². The summed E-state index contributed by atoms with van der Waals surface area (Å²) in [4.78, 5) is 41.7. The van der Waals surface area contributed by atoms with Crippen LogP contribution in [0.5, 0.6) is 11.6 Å². The molecule has 0 radical (unpaired) electrons. The van der Waals surface area contributed by atoms with Crippen LogP contribution >= 0.6 is 0 Å². The average Bonchev–Trinajstić information content (AvgIpc) is 3.23. The number of nitrogens with zero attached hydrogens (tertiary/aromatic N) is 4. The normalized spacial score (nSPS) is 12.5. The number of hydrogen-bond donors (Lipinski definition) is 4. The van der Waals surface area contributed by atoms with Crippen molar-refractivity contribution in [1.82, 2.24) is 25.2 Å². The number of hydrogen-bond acceptors (Lipinski definition) is 11. The SMILES string of the molecule is CCOC(=O)COc1cccc(N=Cc2c(O)[nH]c3ncnc(NCCCN(C)C[C@H](C)NC(=O)OC(C)(C)C)c23)c1. The Bertz CT molecular complexity index is 1370.